The summed E-state index contributed by atoms with van der Waals surface area (Å²) in [5.74, 6) is -0.396. The van der Waals surface area contributed by atoms with Gasteiger partial charge in [0.1, 0.15) is 5.75 Å². The first-order valence-corrected chi connectivity index (χ1v) is 5.21. The predicted octanol–water partition coefficient (Wildman–Crippen LogP) is 5.02. The van der Waals surface area contributed by atoms with Gasteiger partial charge in [0.25, 0.3) is 0 Å². The highest BCUT2D eigenvalue weighted by molar-refractivity contribution is 6.42. The summed E-state index contributed by atoms with van der Waals surface area (Å²) in [5.41, 5.74) is 0.522. The highest BCUT2D eigenvalue weighted by Crippen LogP contribution is 2.36. The van der Waals surface area contributed by atoms with E-state index in [1.165, 1.54) is 6.07 Å². The predicted molar refractivity (Wildman–Crippen MR) is 57.2 cm³/mol. The normalized spacial score (nSPS) is 12.0. The van der Waals surface area contributed by atoms with Crippen LogP contribution in [0.4, 0.5) is 13.2 Å². The van der Waals surface area contributed by atoms with E-state index >= 15 is 0 Å². The Morgan fingerprint density at radius 3 is 2.19 bits per heavy atom. The molecule has 90 valence electrons. The second kappa shape index (κ2) is 4.72. The summed E-state index contributed by atoms with van der Waals surface area (Å²) in [4.78, 5) is 0. The number of rotatable bonds is 2. The van der Waals surface area contributed by atoms with E-state index in [2.05, 4.69) is 4.74 Å². The molecule has 0 aliphatic rings. The van der Waals surface area contributed by atoms with Gasteiger partial charge < -0.3 is 4.74 Å². The fourth-order valence-electron chi connectivity index (χ4n) is 1.20. The van der Waals surface area contributed by atoms with Gasteiger partial charge in [0.15, 0.2) is 0 Å². The van der Waals surface area contributed by atoms with Crippen LogP contribution in [0.15, 0.2) is 12.1 Å². The van der Waals surface area contributed by atoms with Gasteiger partial charge in [-0.15, -0.1) is 13.2 Å². The molecule has 0 spiro atoms. The second-order valence-corrected chi connectivity index (χ2v) is 4.30. The standard InChI is InChI=1S/C10H9Cl2F3O/c1-5(2)7-3-6(16-10(13,14)15)4-8(11)9(7)12/h3-5H,1-2H3. The van der Waals surface area contributed by atoms with Crippen molar-refractivity contribution in [2.45, 2.75) is 26.1 Å². The largest absolute Gasteiger partial charge is 0.573 e. The molecule has 0 aliphatic carbocycles. The lowest BCUT2D eigenvalue weighted by Crippen LogP contribution is -2.17. The molecule has 0 saturated carbocycles. The number of ether oxygens (including phenoxy) is 1. The Labute approximate surface area is 101 Å². The highest BCUT2D eigenvalue weighted by atomic mass is 35.5. The van der Waals surface area contributed by atoms with Crippen LogP contribution in [-0.2, 0) is 0 Å². The van der Waals surface area contributed by atoms with Crippen molar-refractivity contribution >= 4 is 23.2 Å². The minimum atomic E-state index is -4.73. The molecule has 1 aromatic carbocycles. The lowest BCUT2D eigenvalue weighted by molar-refractivity contribution is -0.274. The van der Waals surface area contributed by atoms with Crippen molar-refractivity contribution < 1.29 is 17.9 Å². The van der Waals surface area contributed by atoms with Gasteiger partial charge in [-0.1, -0.05) is 37.0 Å². The van der Waals surface area contributed by atoms with Gasteiger partial charge in [-0.05, 0) is 17.5 Å². The Hall–Kier alpha value is -0.610. The molecule has 16 heavy (non-hydrogen) atoms. The third kappa shape index (κ3) is 3.46. The monoisotopic (exact) mass is 272 g/mol. The SMILES string of the molecule is CC(C)c1cc(OC(F)(F)F)cc(Cl)c1Cl. The molecular weight excluding hydrogens is 264 g/mol. The molecule has 0 radical (unpaired) electrons. The Morgan fingerprint density at radius 2 is 1.75 bits per heavy atom. The lowest BCUT2D eigenvalue weighted by Gasteiger charge is -2.14. The molecule has 6 heteroatoms. The minimum absolute atomic E-state index is 0.0400. The van der Waals surface area contributed by atoms with Crippen molar-refractivity contribution in [3.63, 3.8) is 0 Å². The van der Waals surface area contributed by atoms with Gasteiger partial charge in [-0.2, -0.15) is 0 Å². The van der Waals surface area contributed by atoms with Crippen LogP contribution >= 0.6 is 23.2 Å². The molecule has 0 unspecified atom stereocenters. The van der Waals surface area contributed by atoms with Gasteiger partial charge in [0, 0.05) is 6.07 Å². The maximum absolute atomic E-state index is 12.0. The summed E-state index contributed by atoms with van der Waals surface area (Å²) < 4.78 is 39.8. The molecular formula is C10H9Cl2F3O. The number of halogens is 5. The topological polar surface area (TPSA) is 9.23 Å². The van der Waals surface area contributed by atoms with Gasteiger partial charge >= 0.3 is 6.36 Å². The Kier molecular flexibility index (Phi) is 3.97. The highest BCUT2D eigenvalue weighted by Gasteiger charge is 2.31. The third-order valence-corrected chi connectivity index (χ3v) is 2.70. The molecule has 0 saturated heterocycles. The summed E-state index contributed by atoms with van der Waals surface area (Å²) >= 11 is 11.6. The number of hydrogen-bond acceptors (Lipinski definition) is 1. The van der Waals surface area contributed by atoms with Crippen LogP contribution in [0, 0.1) is 0 Å². The van der Waals surface area contributed by atoms with Crippen molar-refractivity contribution in [1.29, 1.82) is 0 Å². The zero-order valence-electron chi connectivity index (χ0n) is 8.53. The summed E-state index contributed by atoms with van der Waals surface area (Å²) in [7, 11) is 0. The van der Waals surface area contributed by atoms with Gasteiger partial charge in [0.2, 0.25) is 0 Å². The first-order valence-electron chi connectivity index (χ1n) is 4.45. The first kappa shape index (κ1) is 13.5. The van der Waals surface area contributed by atoms with Crippen LogP contribution in [-0.4, -0.2) is 6.36 Å². The number of benzene rings is 1. The van der Waals surface area contributed by atoms with Crippen molar-refractivity contribution in [3.05, 3.63) is 27.7 Å². The molecule has 0 aliphatic heterocycles. The van der Waals surface area contributed by atoms with Crippen LogP contribution in [0.5, 0.6) is 5.75 Å². The quantitative estimate of drug-likeness (QED) is 0.735. The van der Waals surface area contributed by atoms with E-state index in [4.69, 9.17) is 23.2 Å². The van der Waals surface area contributed by atoms with Crippen molar-refractivity contribution in [3.8, 4) is 5.75 Å². The first-order chi connectivity index (χ1) is 7.20. The number of alkyl halides is 3. The van der Waals surface area contributed by atoms with Crippen LogP contribution in [0.25, 0.3) is 0 Å². The lowest BCUT2D eigenvalue weighted by atomic mass is 10.0. The van der Waals surface area contributed by atoms with Crippen molar-refractivity contribution in [2.24, 2.45) is 0 Å². The molecule has 0 aromatic heterocycles. The molecule has 1 nitrogen and oxygen atoms in total. The van der Waals surface area contributed by atoms with Gasteiger partial charge in [-0.25, -0.2) is 0 Å². The van der Waals surface area contributed by atoms with E-state index in [1.807, 2.05) is 0 Å². The van der Waals surface area contributed by atoms with E-state index in [-0.39, 0.29) is 21.7 Å². The van der Waals surface area contributed by atoms with Crippen molar-refractivity contribution in [1.82, 2.24) is 0 Å². The minimum Gasteiger partial charge on any atom is -0.406 e. The van der Waals surface area contributed by atoms with Gasteiger partial charge in [0.05, 0.1) is 10.0 Å². The summed E-state index contributed by atoms with van der Waals surface area (Å²) in [6, 6.07) is 2.29. The molecule has 1 aromatic rings. The number of hydrogen-bond donors (Lipinski definition) is 0. The van der Waals surface area contributed by atoms with Gasteiger partial charge in [-0.3, -0.25) is 0 Å². The maximum Gasteiger partial charge on any atom is 0.573 e. The van der Waals surface area contributed by atoms with E-state index in [0.29, 0.717) is 5.56 Å². The summed E-state index contributed by atoms with van der Waals surface area (Å²) in [6.45, 7) is 3.60. The second-order valence-electron chi connectivity index (χ2n) is 3.51. The zero-order valence-corrected chi connectivity index (χ0v) is 10.0. The molecule has 0 fully saturated rings. The third-order valence-electron chi connectivity index (χ3n) is 1.89. The maximum atomic E-state index is 12.0. The molecule has 0 atom stereocenters. The van der Waals surface area contributed by atoms with Crippen molar-refractivity contribution in [2.75, 3.05) is 0 Å². The van der Waals surface area contributed by atoms with E-state index in [9.17, 15) is 13.2 Å². The average molecular weight is 273 g/mol. The van der Waals surface area contributed by atoms with Crippen LogP contribution in [0.3, 0.4) is 0 Å². The van der Waals surface area contributed by atoms with E-state index in [1.54, 1.807) is 13.8 Å². The molecule has 0 bridgehead atoms. The fourth-order valence-corrected chi connectivity index (χ4v) is 1.74. The van der Waals surface area contributed by atoms with E-state index in [0.717, 1.165) is 6.07 Å². The summed E-state index contributed by atoms with van der Waals surface area (Å²) in [5, 5.41) is 0.304. The van der Waals surface area contributed by atoms with E-state index < -0.39 is 6.36 Å². The summed E-state index contributed by atoms with van der Waals surface area (Å²) in [6.07, 6.45) is -4.73. The molecule has 0 N–H and O–H groups in total. The molecule has 0 heterocycles. The van der Waals surface area contributed by atoms with Crippen LogP contribution < -0.4 is 4.74 Å². The molecule has 1 rings (SSSR count). The molecule has 0 amide bonds. The fraction of sp³-hybridized carbons (Fsp3) is 0.400. The Balaban J connectivity index is 3.14. The zero-order chi connectivity index (χ0) is 12.5. The smallest absolute Gasteiger partial charge is 0.406 e. The Morgan fingerprint density at radius 1 is 1.19 bits per heavy atom. The Bertz CT molecular complexity index is 388. The van der Waals surface area contributed by atoms with Crippen LogP contribution in [0.2, 0.25) is 10.0 Å². The van der Waals surface area contributed by atoms with Crippen LogP contribution in [0.1, 0.15) is 25.3 Å². The average Bonchev–Trinajstić information content (AvgIpc) is 2.07.